The summed E-state index contributed by atoms with van der Waals surface area (Å²) in [5.41, 5.74) is 5.51. The van der Waals surface area contributed by atoms with E-state index in [4.69, 9.17) is 15.2 Å². The van der Waals surface area contributed by atoms with E-state index in [1.165, 1.54) is 0 Å². The Hall–Kier alpha value is -1.29. The van der Waals surface area contributed by atoms with Gasteiger partial charge in [0.1, 0.15) is 11.9 Å². The van der Waals surface area contributed by atoms with Crippen LogP contribution in [-0.4, -0.2) is 24.3 Å². The molecule has 1 atom stereocenters. The van der Waals surface area contributed by atoms with Crippen molar-refractivity contribution in [1.29, 1.82) is 0 Å². The number of nitrogen functional groups attached to an aromatic ring is 1. The molecule has 1 fully saturated rings. The lowest BCUT2D eigenvalue weighted by atomic mass is 10.3. The van der Waals surface area contributed by atoms with E-state index in [-0.39, 0.29) is 6.10 Å². The van der Waals surface area contributed by atoms with Crippen molar-refractivity contribution in [2.75, 3.05) is 18.9 Å². The summed E-state index contributed by atoms with van der Waals surface area (Å²) in [6.07, 6.45) is 1.06. The van der Waals surface area contributed by atoms with Gasteiger partial charge in [-0.3, -0.25) is 0 Å². The normalized spacial score (nSPS) is 21.7. The van der Waals surface area contributed by atoms with Crippen molar-refractivity contribution in [3.05, 3.63) is 18.2 Å². The van der Waals surface area contributed by atoms with Crippen molar-refractivity contribution in [2.24, 2.45) is 0 Å². The van der Waals surface area contributed by atoms with Gasteiger partial charge in [-0.15, -0.1) is 0 Å². The van der Waals surface area contributed by atoms with Crippen LogP contribution in [-0.2, 0) is 4.74 Å². The van der Waals surface area contributed by atoms with Gasteiger partial charge in [0.2, 0.25) is 5.88 Å². The highest BCUT2D eigenvalue weighted by Crippen LogP contribution is 2.15. The molecule has 13 heavy (non-hydrogen) atoms. The SMILES string of the molecule is Nc1cccc(O[C@H]2CCOC2)n1. The lowest BCUT2D eigenvalue weighted by Crippen LogP contribution is -2.16. The Labute approximate surface area is 76.7 Å². The highest BCUT2D eigenvalue weighted by Gasteiger charge is 2.17. The second-order valence-electron chi connectivity index (χ2n) is 3.00. The molecular formula is C9H12N2O2. The molecule has 4 heteroatoms. The lowest BCUT2D eigenvalue weighted by Gasteiger charge is -2.10. The molecule has 2 heterocycles. The summed E-state index contributed by atoms with van der Waals surface area (Å²) in [6, 6.07) is 5.36. The molecular weight excluding hydrogens is 168 g/mol. The zero-order chi connectivity index (χ0) is 9.10. The first-order valence-corrected chi connectivity index (χ1v) is 4.31. The monoisotopic (exact) mass is 180 g/mol. The van der Waals surface area contributed by atoms with Gasteiger partial charge in [-0.05, 0) is 6.07 Å². The third kappa shape index (κ3) is 2.09. The van der Waals surface area contributed by atoms with Gasteiger partial charge in [0.15, 0.2) is 0 Å². The summed E-state index contributed by atoms with van der Waals surface area (Å²) < 4.78 is 10.7. The molecule has 0 radical (unpaired) electrons. The molecule has 0 bridgehead atoms. The van der Waals surface area contributed by atoms with Crippen LogP contribution in [0.5, 0.6) is 5.88 Å². The van der Waals surface area contributed by atoms with E-state index in [1.54, 1.807) is 12.1 Å². The first-order valence-electron chi connectivity index (χ1n) is 4.31. The van der Waals surface area contributed by atoms with Crippen LogP contribution in [0.3, 0.4) is 0 Å². The summed E-state index contributed by atoms with van der Waals surface area (Å²) in [5.74, 6) is 1.06. The van der Waals surface area contributed by atoms with Crippen LogP contribution in [0.4, 0.5) is 5.82 Å². The van der Waals surface area contributed by atoms with Crippen molar-refractivity contribution in [3.8, 4) is 5.88 Å². The molecule has 1 aromatic rings. The zero-order valence-corrected chi connectivity index (χ0v) is 7.27. The molecule has 0 aromatic carbocycles. The minimum Gasteiger partial charge on any atom is -0.472 e. The van der Waals surface area contributed by atoms with Crippen molar-refractivity contribution in [2.45, 2.75) is 12.5 Å². The topological polar surface area (TPSA) is 57.4 Å². The van der Waals surface area contributed by atoms with E-state index in [2.05, 4.69) is 4.98 Å². The summed E-state index contributed by atoms with van der Waals surface area (Å²) in [5, 5.41) is 0. The lowest BCUT2D eigenvalue weighted by molar-refractivity contribution is 0.138. The maximum atomic E-state index is 5.54. The van der Waals surface area contributed by atoms with Crippen LogP contribution >= 0.6 is 0 Å². The highest BCUT2D eigenvalue weighted by atomic mass is 16.5. The molecule has 0 amide bonds. The quantitative estimate of drug-likeness (QED) is 0.732. The van der Waals surface area contributed by atoms with Crippen molar-refractivity contribution in [1.82, 2.24) is 4.98 Å². The van der Waals surface area contributed by atoms with Crippen LogP contribution < -0.4 is 10.5 Å². The number of nitrogens with zero attached hydrogens (tertiary/aromatic N) is 1. The van der Waals surface area contributed by atoms with Crippen LogP contribution in [0, 0.1) is 0 Å². The first-order chi connectivity index (χ1) is 6.34. The molecule has 2 rings (SSSR count). The molecule has 1 aliphatic rings. The van der Waals surface area contributed by atoms with Crippen LogP contribution in [0.15, 0.2) is 18.2 Å². The number of anilines is 1. The van der Waals surface area contributed by atoms with E-state index in [0.717, 1.165) is 13.0 Å². The molecule has 0 aliphatic carbocycles. The predicted molar refractivity (Wildman–Crippen MR) is 48.5 cm³/mol. The smallest absolute Gasteiger partial charge is 0.215 e. The third-order valence-electron chi connectivity index (χ3n) is 1.92. The summed E-state index contributed by atoms with van der Waals surface area (Å²) >= 11 is 0. The molecule has 0 saturated carbocycles. The molecule has 4 nitrogen and oxygen atoms in total. The summed E-state index contributed by atoms with van der Waals surface area (Å²) in [7, 11) is 0. The molecule has 0 unspecified atom stereocenters. The van der Waals surface area contributed by atoms with E-state index < -0.39 is 0 Å². The van der Waals surface area contributed by atoms with E-state index in [1.807, 2.05) is 6.07 Å². The standard InChI is InChI=1S/C9H12N2O2/c10-8-2-1-3-9(11-8)13-7-4-5-12-6-7/h1-3,7H,4-6H2,(H2,10,11)/t7-/m0/s1. The van der Waals surface area contributed by atoms with Crippen molar-refractivity contribution < 1.29 is 9.47 Å². The van der Waals surface area contributed by atoms with Crippen molar-refractivity contribution >= 4 is 5.82 Å². The second kappa shape index (κ2) is 3.62. The Kier molecular flexibility index (Phi) is 2.31. The summed E-state index contributed by atoms with van der Waals surface area (Å²) in [6.45, 7) is 1.42. The number of hydrogen-bond acceptors (Lipinski definition) is 4. The number of pyridine rings is 1. The number of hydrogen-bond donors (Lipinski definition) is 1. The Balaban J connectivity index is 2.00. The molecule has 1 aliphatic heterocycles. The minimum absolute atomic E-state index is 0.134. The van der Waals surface area contributed by atoms with E-state index in [0.29, 0.717) is 18.3 Å². The average molecular weight is 180 g/mol. The largest absolute Gasteiger partial charge is 0.472 e. The van der Waals surface area contributed by atoms with Gasteiger partial charge in [0.25, 0.3) is 0 Å². The fourth-order valence-corrected chi connectivity index (χ4v) is 1.27. The number of ether oxygens (including phenoxy) is 2. The van der Waals surface area contributed by atoms with Gasteiger partial charge < -0.3 is 15.2 Å². The van der Waals surface area contributed by atoms with Gasteiger partial charge >= 0.3 is 0 Å². The van der Waals surface area contributed by atoms with Gasteiger partial charge in [0, 0.05) is 12.5 Å². The number of aromatic nitrogens is 1. The Morgan fingerprint density at radius 2 is 2.46 bits per heavy atom. The van der Waals surface area contributed by atoms with E-state index >= 15 is 0 Å². The number of rotatable bonds is 2. The maximum Gasteiger partial charge on any atom is 0.215 e. The zero-order valence-electron chi connectivity index (χ0n) is 7.27. The van der Waals surface area contributed by atoms with Crippen LogP contribution in [0.1, 0.15) is 6.42 Å². The first kappa shape index (κ1) is 8.31. The van der Waals surface area contributed by atoms with Crippen molar-refractivity contribution in [3.63, 3.8) is 0 Å². The van der Waals surface area contributed by atoms with Gasteiger partial charge in [-0.25, -0.2) is 0 Å². The predicted octanol–water partition coefficient (Wildman–Crippen LogP) is 0.831. The Bertz CT molecular complexity index is 285. The van der Waals surface area contributed by atoms with Gasteiger partial charge in [-0.1, -0.05) is 6.07 Å². The minimum atomic E-state index is 0.134. The van der Waals surface area contributed by atoms with Crippen LogP contribution in [0.2, 0.25) is 0 Å². The molecule has 0 spiro atoms. The molecule has 1 saturated heterocycles. The Morgan fingerprint density at radius 1 is 1.54 bits per heavy atom. The summed E-state index contributed by atoms with van der Waals surface area (Å²) in [4.78, 5) is 4.04. The third-order valence-corrected chi connectivity index (χ3v) is 1.92. The Morgan fingerprint density at radius 3 is 3.15 bits per heavy atom. The van der Waals surface area contributed by atoms with Gasteiger partial charge in [-0.2, -0.15) is 4.98 Å². The molecule has 70 valence electrons. The van der Waals surface area contributed by atoms with Crippen LogP contribution in [0.25, 0.3) is 0 Å². The average Bonchev–Trinajstić information content (AvgIpc) is 2.57. The molecule has 1 aromatic heterocycles. The second-order valence-corrected chi connectivity index (χ2v) is 3.00. The fraction of sp³-hybridized carbons (Fsp3) is 0.444. The maximum absolute atomic E-state index is 5.54. The molecule has 2 N–H and O–H groups in total. The highest BCUT2D eigenvalue weighted by molar-refractivity contribution is 5.31. The van der Waals surface area contributed by atoms with E-state index in [9.17, 15) is 0 Å². The number of nitrogens with two attached hydrogens (primary N) is 1. The fourth-order valence-electron chi connectivity index (χ4n) is 1.27. The van der Waals surface area contributed by atoms with Gasteiger partial charge in [0.05, 0.1) is 13.2 Å².